The van der Waals surface area contributed by atoms with E-state index in [4.69, 9.17) is 0 Å². The zero-order chi connectivity index (χ0) is 8.97. The summed E-state index contributed by atoms with van der Waals surface area (Å²) in [6.45, 7) is 6.05. The molecule has 0 spiro atoms. The first-order valence-corrected chi connectivity index (χ1v) is 5.09. The van der Waals surface area contributed by atoms with Crippen LogP contribution in [0.5, 0.6) is 0 Å². The lowest BCUT2D eigenvalue weighted by Gasteiger charge is -2.01. The van der Waals surface area contributed by atoms with Crippen LogP contribution in [-0.4, -0.2) is 4.98 Å². The second-order valence-electron chi connectivity index (χ2n) is 2.63. The third-order valence-electron chi connectivity index (χ3n) is 1.80. The Balaban J connectivity index is 0.00000144. The smallest absolute Gasteiger partial charge is 0.0509 e. The summed E-state index contributed by atoms with van der Waals surface area (Å²) in [6.07, 6.45) is 2.86. The molecule has 0 aromatic carbocycles. The number of aromatic nitrogens is 1. The van der Waals surface area contributed by atoms with Crippen LogP contribution in [-0.2, 0) is 5.33 Å². The van der Waals surface area contributed by atoms with Crippen molar-refractivity contribution in [3.63, 3.8) is 0 Å². The molecular weight excluding hydrogens is 226 g/mol. The predicted octanol–water partition coefficient (Wildman–Crippen LogP) is 4.04. The highest BCUT2D eigenvalue weighted by molar-refractivity contribution is 9.08. The van der Waals surface area contributed by atoms with Gasteiger partial charge in [-0.3, -0.25) is 4.98 Å². The molecule has 0 bridgehead atoms. The lowest BCUT2D eigenvalue weighted by atomic mass is 10.1. The van der Waals surface area contributed by atoms with E-state index < -0.39 is 0 Å². The third-order valence-corrected chi connectivity index (χ3v) is 2.37. The number of halogens is 1. The van der Waals surface area contributed by atoms with E-state index in [1.807, 2.05) is 12.3 Å². The topological polar surface area (TPSA) is 12.9 Å². The van der Waals surface area contributed by atoms with Gasteiger partial charge in [0.05, 0.1) is 5.69 Å². The average Bonchev–Trinajstić information content (AvgIpc) is 2.17. The molecule has 1 aromatic rings. The molecule has 0 atom stereocenters. The fourth-order valence-corrected chi connectivity index (χ4v) is 1.25. The molecule has 0 fully saturated rings. The fraction of sp³-hybridized carbons (Fsp3) is 0.364. The van der Waals surface area contributed by atoms with Crippen LogP contribution < -0.4 is 0 Å². The van der Waals surface area contributed by atoms with Gasteiger partial charge < -0.3 is 0 Å². The van der Waals surface area contributed by atoms with Gasteiger partial charge in [-0.15, -0.1) is 0 Å². The van der Waals surface area contributed by atoms with Gasteiger partial charge in [-0.05, 0) is 23.6 Å². The van der Waals surface area contributed by atoms with Crippen molar-refractivity contribution in [1.82, 2.24) is 4.98 Å². The lowest BCUT2D eigenvalue weighted by Crippen LogP contribution is -1.87. The van der Waals surface area contributed by atoms with Crippen molar-refractivity contribution in [2.75, 3.05) is 0 Å². The van der Waals surface area contributed by atoms with Crippen molar-refractivity contribution < 1.29 is 0 Å². The molecule has 0 amide bonds. The van der Waals surface area contributed by atoms with E-state index in [2.05, 4.69) is 40.5 Å². The van der Waals surface area contributed by atoms with E-state index in [1.165, 1.54) is 0 Å². The van der Waals surface area contributed by atoms with Gasteiger partial charge in [0, 0.05) is 11.5 Å². The van der Waals surface area contributed by atoms with E-state index in [-0.39, 0.29) is 7.43 Å². The minimum absolute atomic E-state index is 0. The Kier molecular flexibility index (Phi) is 5.63. The van der Waals surface area contributed by atoms with Crippen molar-refractivity contribution in [2.45, 2.75) is 26.1 Å². The molecule has 0 N–H and O–H groups in total. The van der Waals surface area contributed by atoms with E-state index >= 15 is 0 Å². The van der Waals surface area contributed by atoms with Gasteiger partial charge in [0.2, 0.25) is 0 Å². The van der Waals surface area contributed by atoms with E-state index in [0.29, 0.717) is 0 Å². The van der Waals surface area contributed by atoms with Crippen LogP contribution in [0.15, 0.2) is 24.9 Å². The lowest BCUT2D eigenvalue weighted by molar-refractivity contribution is 1.16. The second kappa shape index (κ2) is 5.92. The minimum Gasteiger partial charge on any atom is -0.260 e. The Morgan fingerprint density at radius 1 is 1.54 bits per heavy atom. The van der Waals surface area contributed by atoms with Gasteiger partial charge in [0.25, 0.3) is 0 Å². The molecule has 0 aliphatic carbocycles. The van der Waals surface area contributed by atoms with Gasteiger partial charge in [-0.1, -0.05) is 42.9 Å². The molecule has 1 aromatic heterocycles. The first kappa shape index (κ1) is 12.4. The summed E-state index contributed by atoms with van der Waals surface area (Å²) in [5, 5.41) is 0.811. The minimum atomic E-state index is 0. The average molecular weight is 242 g/mol. The molecule has 0 aliphatic heterocycles. The van der Waals surface area contributed by atoms with Crippen LogP contribution >= 0.6 is 15.9 Å². The van der Waals surface area contributed by atoms with Crippen LogP contribution in [0.4, 0.5) is 0 Å². The maximum atomic E-state index is 4.26. The summed E-state index contributed by atoms with van der Waals surface area (Å²) in [4.78, 5) is 4.26. The largest absolute Gasteiger partial charge is 0.260 e. The number of hydrogen-bond donors (Lipinski definition) is 0. The molecule has 2 heteroatoms. The highest BCUT2D eigenvalue weighted by Crippen LogP contribution is 2.14. The van der Waals surface area contributed by atoms with Crippen LogP contribution in [0, 0.1) is 0 Å². The van der Waals surface area contributed by atoms with Crippen molar-refractivity contribution in [3.05, 3.63) is 36.2 Å². The van der Waals surface area contributed by atoms with Gasteiger partial charge in [0.1, 0.15) is 0 Å². The summed E-state index contributed by atoms with van der Waals surface area (Å²) in [6, 6.07) is 4.08. The molecule has 0 aliphatic rings. The monoisotopic (exact) mass is 241 g/mol. The maximum Gasteiger partial charge on any atom is 0.0509 e. The van der Waals surface area contributed by atoms with Crippen molar-refractivity contribution in [2.24, 2.45) is 0 Å². The van der Waals surface area contributed by atoms with Gasteiger partial charge in [-0.2, -0.15) is 0 Å². The Bertz CT molecular complexity index is 264. The van der Waals surface area contributed by atoms with E-state index in [0.717, 1.165) is 28.6 Å². The second-order valence-corrected chi connectivity index (χ2v) is 3.19. The predicted molar refractivity (Wildman–Crippen MR) is 62.9 cm³/mol. The van der Waals surface area contributed by atoms with Crippen LogP contribution in [0.25, 0.3) is 5.57 Å². The normalized spacial score (nSPS) is 9.08. The Labute approximate surface area is 89.0 Å². The summed E-state index contributed by atoms with van der Waals surface area (Å²) in [7, 11) is 0. The number of nitrogens with zero attached hydrogens (tertiary/aromatic N) is 1. The first-order valence-electron chi connectivity index (χ1n) is 3.97. The standard InChI is InChI=1S/C10H12BrN.CH4/c1-3-8(2)9-4-5-10(6-11)12-7-9;/h4-5,7H,2-3,6H2,1H3;1H4. The molecule has 1 heterocycles. The van der Waals surface area contributed by atoms with Crippen LogP contribution in [0.2, 0.25) is 0 Å². The van der Waals surface area contributed by atoms with E-state index in [9.17, 15) is 0 Å². The number of alkyl halides is 1. The molecule has 0 saturated heterocycles. The molecule has 72 valence electrons. The SMILES string of the molecule is C.C=C(CC)c1ccc(CBr)nc1. The number of allylic oxidation sites excluding steroid dienone is 1. The third kappa shape index (κ3) is 3.31. The molecule has 13 heavy (non-hydrogen) atoms. The molecule has 0 unspecified atom stereocenters. The van der Waals surface area contributed by atoms with Gasteiger partial charge >= 0.3 is 0 Å². The Morgan fingerprint density at radius 2 is 2.23 bits per heavy atom. The van der Waals surface area contributed by atoms with Gasteiger partial charge in [-0.25, -0.2) is 0 Å². The fourth-order valence-electron chi connectivity index (χ4n) is 0.917. The highest BCUT2D eigenvalue weighted by atomic mass is 79.9. The summed E-state index contributed by atoms with van der Waals surface area (Å²) in [5.74, 6) is 0. The van der Waals surface area contributed by atoms with Crippen molar-refractivity contribution in [1.29, 1.82) is 0 Å². The number of pyridine rings is 1. The number of hydrogen-bond acceptors (Lipinski definition) is 1. The highest BCUT2D eigenvalue weighted by Gasteiger charge is 1.96. The van der Waals surface area contributed by atoms with Crippen molar-refractivity contribution in [3.8, 4) is 0 Å². The molecular formula is C11H16BrN. The van der Waals surface area contributed by atoms with E-state index in [1.54, 1.807) is 0 Å². The Morgan fingerprint density at radius 3 is 2.62 bits per heavy atom. The van der Waals surface area contributed by atoms with Crippen molar-refractivity contribution >= 4 is 21.5 Å². The summed E-state index contributed by atoms with van der Waals surface area (Å²) >= 11 is 3.35. The zero-order valence-corrected chi connectivity index (χ0v) is 8.76. The molecule has 0 radical (unpaired) electrons. The van der Waals surface area contributed by atoms with Gasteiger partial charge in [0.15, 0.2) is 0 Å². The Hall–Kier alpha value is -0.630. The summed E-state index contributed by atoms with van der Waals surface area (Å²) < 4.78 is 0. The zero-order valence-electron chi connectivity index (χ0n) is 7.18. The maximum absolute atomic E-state index is 4.26. The molecule has 1 rings (SSSR count). The van der Waals surface area contributed by atoms with Crippen LogP contribution in [0.3, 0.4) is 0 Å². The number of rotatable bonds is 3. The summed E-state index contributed by atoms with van der Waals surface area (Å²) in [5.41, 5.74) is 3.34. The first-order chi connectivity index (χ1) is 5.77. The molecule has 0 saturated carbocycles. The van der Waals surface area contributed by atoms with Crippen LogP contribution in [0.1, 0.15) is 32.0 Å². The molecule has 1 nitrogen and oxygen atoms in total. The quantitative estimate of drug-likeness (QED) is 0.729.